The lowest BCUT2D eigenvalue weighted by molar-refractivity contribution is -0.153. The zero-order valence-electron chi connectivity index (χ0n) is 21.8. The van der Waals surface area contributed by atoms with E-state index < -0.39 is 12.7 Å². The Bertz CT molecular complexity index is 1240. The molecule has 0 aliphatic carbocycles. The van der Waals surface area contributed by atoms with Crippen LogP contribution in [0.4, 0.5) is 18.9 Å². The number of hydrogen-bond acceptors (Lipinski definition) is 5. The molecule has 0 N–H and O–H groups in total. The minimum atomic E-state index is -4.44. The van der Waals surface area contributed by atoms with Crippen molar-refractivity contribution in [2.75, 3.05) is 58.8 Å². The third kappa shape index (κ3) is 6.36. The van der Waals surface area contributed by atoms with E-state index in [1.54, 1.807) is 13.3 Å². The molecule has 7 nitrogen and oxygen atoms in total. The number of rotatable bonds is 10. The van der Waals surface area contributed by atoms with Crippen molar-refractivity contribution in [3.8, 4) is 17.0 Å². The Balaban J connectivity index is 1.58. The fourth-order valence-corrected chi connectivity index (χ4v) is 5.14. The van der Waals surface area contributed by atoms with Crippen molar-refractivity contribution < 1.29 is 22.7 Å². The Morgan fingerprint density at radius 1 is 1.24 bits per heavy atom. The van der Waals surface area contributed by atoms with Gasteiger partial charge in [-0.15, -0.1) is 0 Å². The molecule has 37 heavy (non-hydrogen) atoms. The van der Waals surface area contributed by atoms with Gasteiger partial charge in [0.15, 0.2) is 0 Å². The van der Waals surface area contributed by atoms with E-state index >= 15 is 0 Å². The van der Waals surface area contributed by atoms with Gasteiger partial charge >= 0.3 is 6.18 Å². The number of imidazole rings is 1. The highest BCUT2D eigenvalue weighted by Gasteiger charge is 2.30. The molecule has 1 unspecified atom stereocenters. The molecule has 0 radical (unpaired) electrons. The van der Waals surface area contributed by atoms with Crippen molar-refractivity contribution >= 4 is 17.7 Å². The Hall–Kier alpha value is -3.27. The van der Waals surface area contributed by atoms with Gasteiger partial charge in [-0.05, 0) is 69.1 Å². The topological polar surface area (TPSA) is 53.3 Å². The average Bonchev–Trinajstić information content (AvgIpc) is 3.48. The van der Waals surface area contributed by atoms with Crippen LogP contribution in [0, 0.1) is 12.8 Å². The molecule has 0 spiro atoms. The van der Waals surface area contributed by atoms with Crippen LogP contribution in [0.25, 0.3) is 16.9 Å². The Morgan fingerprint density at radius 2 is 2.03 bits per heavy atom. The number of carbonyl (C=O) groups is 1. The number of anilines is 1. The lowest BCUT2D eigenvalue weighted by Gasteiger charge is -2.21. The number of halogens is 3. The Labute approximate surface area is 215 Å². The molecule has 1 saturated heterocycles. The number of nitrogens with zero attached hydrogens (tertiary/aromatic N) is 5. The van der Waals surface area contributed by atoms with Gasteiger partial charge in [0.05, 0.1) is 19.0 Å². The van der Waals surface area contributed by atoms with Crippen LogP contribution in [0.15, 0.2) is 36.7 Å². The number of benzene rings is 1. The maximum Gasteiger partial charge on any atom is 0.406 e. The molecule has 3 aromatic rings. The van der Waals surface area contributed by atoms with E-state index in [2.05, 4.69) is 41.0 Å². The standard InChI is InChI=1S/C27H34F3N5O2/c1-19-21(6-8-33(18-36)17-27(28,29)30)11-22(12-25(19)37-4)24-14-31-26-13-23(7-10-35(24)26)34-9-5-20(16-34)15-32(2)3/h7,10-14,18,20H,5-6,8-9,15-17H2,1-4H3. The first-order chi connectivity index (χ1) is 17.6. The molecule has 4 rings (SSSR count). The second-order valence-corrected chi connectivity index (χ2v) is 10.0. The molecular weight excluding hydrogens is 483 g/mol. The SMILES string of the molecule is COc1cc(-c2cnc3cc(N4CCC(CN(C)C)C4)ccn23)cc(CCN(C=O)CC(F)(F)F)c1C. The summed E-state index contributed by atoms with van der Waals surface area (Å²) in [6, 6.07) is 8.04. The molecule has 1 atom stereocenters. The Kier molecular flexibility index (Phi) is 7.96. The third-order valence-corrected chi connectivity index (χ3v) is 6.95. The number of amides is 1. The molecule has 1 aliphatic rings. The fourth-order valence-electron chi connectivity index (χ4n) is 5.14. The zero-order valence-corrected chi connectivity index (χ0v) is 21.8. The van der Waals surface area contributed by atoms with E-state index in [0.717, 1.165) is 58.3 Å². The second kappa shape index (κ2) is 11.0. The molecule has 0 saturated carbocycles. The van der Waals surface area contributed by atoms with Gasteiger partial charge in [0.25, 0.3) is 0 Å². The normalized spacial score (nSPS) is 16.1. The number of alkyl halides is 3. The van der Waals surface area contributed by atoms with Crippen molar-refractivity contribution in [2.45, 2.75) is 25.9 Å². The van der Waals surface area contributed by atoms with Crippen molar-refractivity contribution in [2.24, 2.45) is 5.92 Å². The van der Waals surface area contributed by atoms with Crippen molar-refractivity contribution in [3.63, 3.8) is 0 Å². The minimum Gasteiger partial charge on any atom is -0.496 e. The summed E-state index contributed by atoms with van der Waals surface area (Å²) in [5.41, 5.74) is 5.32. The molecule has 2 aromatic heterocycles. The summed E-state index contributed by atoms with van der Waals surface area (Å²) in [5.74, 6) is 1.28. The van der Waals surface area contributed by atoms with E-state index in [-0.39, 0.29) is 19.4 Å². The van der Waals surface area contributed by atoms with Gasteiger partial charge in [0, 0.05) is 49.7 Å². The smallest absolute Gasteiger partial charge is 0.406 e. The summed E-state index contributed by atoms with van der Waals surface area (Å²) in [4.78, 5) is 21.2. The number of pyridine rings is 1. The summed E-state index contributed by atoms with van der Waals surface area (Å²) in [6.07, 6.45) is 1.06. The molecule has 1 aliphatic heterocycles. The largest absolute Gasteiger partial charge is 0.496 e. The maximum absolute atomic E-state index is 12.8. The van der Waals surface area contributed by atoms with Crippen LogP contribution in [-0.4, -0.2) is 85.7 Å². The molecule has 1 fully saturated rings. The van der Waals surface area contributed by atoms with Crippen molar-refractivity contribution in [1.82, 2.24) is 19.2 Å². The summed E-state index contributed by atoms with van der Waals surface area (Å²) >= 11 is 0. The second-order valence-electron chi connectivity index (χ2n) is 10.0. The highest BCUT2D eigenvalue weighted by Crippen LogP contribution is 2.32. The maximum atomic E-state index is 12.8. The van der Waals surface area contributed by atoms with Crippen molar-refractivity contribution in [1.29, 1.82) is 0 Å². The van der Waals surface area contributed by atoms with Crippen LogP contribution in [0.2, 0.25) is 0 Å². The predicted octanol–water partition coefficient (Wildman–Crippen LogP) is 4.27. The molecule has 10 heteroatoms. The monoisotopic (exact) mass is 517 g/mol. The quantitative estimate of drug-likeness (QED) is 0.376. The number of methoxy groups -OCH3 is 1. The lowest BCUT2D eigenvalue weighted by Crippen LogP contribution is -2.34. The van der Waals surface area contributed by atoms with Crippen LogP contribution >= 0.6 is 0 Å². The van der Waals surface area contributed by atoms with Gasteiger partial charge in [-0.3, -0.25) is 9.20 Å². The van der Waals surface area contributed by atoms with Crippen LogP contribution in [-0.2, 0) is 11.2 Å². The molecule has 0 bridgehead atoms. The first kappa shape index (κ1) is 26.8. The van der Waals surface area contributed by atoms with Gasteiger partial charge in [-0.25, -0.2) is 4.98 Å². The fraction of sp³-hybridized carbons (Fsp3) is 0.481. The lowest BCUT2D eigenvalue weighted by atomic mass is 9.99. The minimum absolute atomic E-state index is 0.0440. The number of aromatic nitrogens is 2. The van der Waals surface area contributed by atoms with Crippen LogP contribution in [0.1, 0.15) is 17.5 Å². The third-order valence-electron chi connectivity index (χ3n) is 6.95. The molecule has 1 amide bonds. The Morgan fingerprint density at radius 3 is 2.70 bits per heavy atom. The number of fused-ring (bicyclic) bond motifs is 1. The van der Waals surface area contributed by atoms with E-state index in [0.29, 0.717) is 11.7 Å². The van der Waals surface area contributed by atoms with E-state index in [1.807, 2.05) is 29.7 Å². The summed E-state index contributed by atoms with van der Waals surface area (Å²) < 4.78 is 45.9. The summed E-state index contributed by atoms with van der Waals surface area (Å²) in [5, 5.41) is 0. The molecular formula is C27H34F3N5O2. The molecule has 1 aromatic carbocycles. The highest BCUT2D eigenvalue weighted by atomic mass is 19.4. The first-order valence-corrected chi connectivity index (χ1v) is 12.4. The zero-order chi connectivity index (χ0) is 26.7. The van der Waals surface area contributed by atoms with Crippen LogP contribution < -0.4 is 9.64 Å². The van der Waals surface area contributed by atoms with E-state index in [9.17, 15) is 18.0 Å². The van der Waals surface area contributed by atoms with Gasteiger partial charge in [0.2, 0.25) is 6.41 Å². The van der Waals surface area contributed by atoms with Gasteiger partial charge in [-0.1, -0.05) is 0 Å². The van der Waals surface area contributed by atoms with Gasteiger partial charge in [0.1, 0.15) is 17.9 Å². The van der Waals surface area contributed by atoms with Crippen LogP contribution in [0.3, 0.4) is 0 Å². The number of ether oxygens (including phenoxy) is 1. The molecule has 3 heterocycles. The summed E-state index contributed by atoms with van der Waals surface area (Å²) in [7, 11) is 5.78. The van der Waals surface area contributed by atoms with E-state index in [4.69, 9.17) is 4.74 Å². The van der Waals surface area contributed by atoms with E-state index in [1.165, 1.54) is 6.42 Å². The first-order valence-electron chi connectivity index (χ1n) is 12.4. The van der Waals surface area contributed by atoms with Crippen LogP contribution in [0.5, 0.6) is 5.75 Å². The van der Waals surface area contributed by atoms with Crippen molar-refractivity contribution in [3.05, 3.63) is 47.8 Å². The average molecular weight is 518 g/mol. The predicted molar refractivity (Wildman–Crippen MR) is 138 cm³/mol. The highest BCUT2D eigenvalue weighted by molar-refractivity contribution is 5.69. The van der Waals surface area contributed by atoms with Gasteiger partial charge in [-0.2, -0.15) is 13.2 Å². The number of hydrogen-bond donors (Lipinski definition) is 0. The summed E-state index contributed by atoms with van der Waals surface area (Å²) in [6.45, 7) is 3.67. The molecule has 200 valence electrons. The van der Waals surface area contributed by atoms with Gasteiger partial charge < -0.3 is 19.4 Å². The number of carbonyl (C=O) groups excluding carboxylic acids is 1.